The van der Waals surface area contributed by atoms with Gasteiger partial charge in [0, 0.05) is 11.1 Å². The highest BCUT2D eigenvalue weighted by molar-refractivity contribution is 5.71. The molecular weight excluding hydrogens is 529 g/mol. The molecule has 0 spiro atoms. The van der Waals surface area contributed by atoms with Crippen LogP contribution in [-0.2, 0) is 11.4 Å². The van der Waals surface area contributed by atoms with Crippen LogP contribution in [0.4, 0.5) is 13.2 Å². The average Bonchev–Trinajstić information content (AvgIpc) is 3.68. The van der Waals surface area contributed by atoms with Gasteiger partial charge in [0.2, 0.25) is 0 Å². The number of carboxylic acids is 1. The summed E-state index contributed by atoms with van der Waals surface area (Å²) >= 11 is 0. The van der Waals surface area contributed by atoms with Crippen LogP contribution in [0.15, 0.2) is 48.5 Å². The van der Waals surface area contributed by atoms with E-state index < -0.39 is 29.3 Å². The van der Waals surface area contributed by atoms with Crippen molar-refractivity contribution < 1.29 is 32.5 Å². The summed E-state index contributed by atoms with van der Waals surface area (Å²) in [5, 5.41) is 9.40. The van der Waals surface area contributed by atoms with Crippen LogP contribution in [-0.4, -0.2) is 18.2 Å². The Bertz CT molecular complexity index is 1430. The zero-order valence-electron chi connectivity index (χ0n) is 23.8. The summed E-state index contributed by atoms with van der Waals surface area (Å²) in [4.78, 5) is 11.5. The van der Waals surface area contributed by atoms with Crippen LogP contribution in [0.1, 0.15) is 87.3 Å². The molecule has 0 heterocycles. The summed E-state index contributed by atoms with van der Waals surface area (Å²) < 4.78 is 57.5. The Morgan fingerprint density at radius 1 is 1.02 bits per heavy atom. The molecule has 2 atom stereocenters. The van der Waals surface area contributed by atoms with E-state index in [-0.39, 0.29) is 41.2 Å². The fourth-order valence-electron chi connectivity index (χ4n) is 6.41. The zero-order valence-corrected chi connectivity index (χ0v) is 23.8. The summed E-state index contributed by atoms with van der Waals surface area (Å²) in [6, 6.07) is 12.3. The third kappa shape index (κ3) is 6.39. The molecule has 0 unspecified atom stereocenters. The molecule has 2 aliphatic carbocycles. The van der Waals surface area contributed by atoms with Crippen LogP contribution in [0.3, 0.4) is 0 Å². The molecule has 1 N–H and O–H groups in total. The van der Waals surface area contributed by atoms with Gasteiger partial charge in [0.05, 0.1) is 13.5 Å². The van der Waals surface area contributed by atoms with Crippen molar-refractivity contribution in [2.24, 2.45) is 11.3 Å². The molecule has 2 fully saturated rings. The quantitative estimate of drug-likeness (QED) is 0.252. The van der Waals surface area contributed by atoms with E-state index in [1.165, 1.54) is 31.4 Å². The summed E-state index contributed by atoms with van der Waals surface area (Å²) in [6.07, 6.45) is 5.42. The topological polar surface area (TPSA) is 55.8 Å². The van der Waals surface area contributed by atoms with Crippen molar-refractivity contribution in [3.05, 3.63) is 82.7 Å². The van der Waals surface area contributed by atoms with Crippen LogP contribution < -0.4 is 9.47 Å². The molecule has 0 aliphatic heterocycles. The molecule has 4 nitrogen and oxygen atoms in total. The van der Waals surface area contributed by atoms with Crippen molar-refractivity contribution in [3.8, 4) is 22.6 Å². The number of hydrogen-bond acceptors (Lipinski definition) is 3. The molecule has 218 valence electrons. The van der Waals surface area contributed by atoms with Crippen molar-refractivity contribution in [2.45, 2.75) is 77.2 Å². The van der Waals surface area contributed by atoms with E-state index in [9.17, 15) is 9.90 Å². The molecular formula is C34H37F3O4. The Morgan fingerprint density at radius 2 is 1.80 bits per heavy atom. The Labute approximate surface area is 239 Å². The van der Waals surface area contributed by atoms with Crippen molar-refractivity contribution >= 4 is 5.97 Å². The fourth-order valence-corrected chi connectivity index (χ4v) is 6.41. The maximum atomic E-state index is 15.6. The van der Waals surface area contributed by atoms with Gasteiger partial charge in [-0.1, -0.05) is 45.2 Å². The highest BCUT2D eigenvalue weighted by Gasteiger charge is 2.37. The van der Waals surface area contributed by atoms with Crippen molar-refractivity contribution in [3.63, 3.8) is 0 Å². The molecule has 0 bridgehead atoms. The lowest BCUT2D eigenvalue weighted by Gasteiger charge is -2.30. The largest absolute Gasteiger partial charge is 0.497 e. The zero-order chi connectivity index (χ0) is 29.3. The SMILES string of the molecule is COc1ccc(F)c(-c2cc(F)c(COc3cccc([C@@H](CC(=O)O)CC4CC4)c3F)cc2[C@@H]2CCCC2(C)C)c1. The third-order valence-electron chi connectivity index (χ3n) is 8.87. The van der Waals surface area contributed by atoms with Crippen LogP contribution in [0, 0.1) is 28.8 Å². The summed E-state index contributed by atoms with van der Waals surface area (Å²) in [5.41, 5.74) is 2.08. The van der Waals surface area contributed by atoms with Crippen molar-refractivity contribution in [2.75, 3.05) is 7.11 Å². The molecule has 0 amide bonds. The highest BCUT2D eigenvalue weighted by atomic mass is 19.1. The van der Waals surface area contributed by atoms with Gasteiger partial charge in [0.1, 0.15) is 24.0 Å². The summed E-state index contributed by atoms with van der Waals surface area (Å²) in [7, 11) is 1.50. The van der Waals surface area contributed by atoms with Gasteiger partial charge in [-0.05, 0) is 95.5 Å². The smallest absolute Gasteiger partial charge is 0.303 e. The number of methoxy groups -OCH3 is 1. The molecule has 0 aromatic heterocycles. The first-order valence-corrected chi connectivity index (χ1v) is 14.4. The second-order valence-corrected chi connectivity index (χ2v) is 12.2. The molecule has 3 aromatic carbocycles. The standard InChI is InChI=1S/C34H37F3O4/c1-34(2)13-5-7-28(34)26-15-22(30(36)18-25(26)27-17-23(40-3)11-12-29(27)35)19-41-31-8-4-6-24(33(31)37)21(16-32(38)39)14-20-9-10-20/h4,6,8,11-12,15,17-18,20-21,28H,5,7,9-10,13-14,16,19H2,1-3H3,(H,38,39)/t21-,28+/m1/s1. The lowest BCUT2D eigenvalue weighted by atomic mass is 9.75. The van der Waals surface area contributed by atoms with E-state index in [1.54, 1.807) is 24.3 Å². The van der Waals surface area contributed by atoms with Gasteiger partial charge in [-0.2, -0.15) is 0 Å². The number of carbonyl (C=O) groups is 1. The van der Waals surface area contributed by atoms with E-state index in [0.29, 0.717) is 29.2 Å². The van der Waals surface area contributed by atoms with Gasteiger partial charge in [0.25, 0.3) is 0 Å². The number of benzene rings is 3. The molecule has 0 saturated heterocycles. The maximum absolute atomic E-state index is 15.6. The normalized spacial score (nSPS) is 18.7. The van der Waals surface area contributed by atoms with Crippen LogP contribution in [0.2, 0.25) is 0 Å². The van der Waals surface area contributed by atoms with Crippen molar-refractivity contribution in [1.29, 1.82) is 0 Å². The van der Waals surface area contributed by atoms with Crippen LogP contribution in [0.5, 0.6) is 11.5 Å². The first-order valence-electron chi connectivity index (χ1n) is 14.4. The number of ether oxygens (including phenoxy) is 2. The summed E-state index contributed by atoms with van der Waals surface area (Å²) in [5.74, 6) is -2.14. The molecule has 2 saturated carbocycles. The third-order valence-corrected chi connectivity index (χ3v) is 8.87. The Morgan fingerprint density at radius 3 is 2.46 bits per heavy atom. The average molecular weight is 567 g/mol. The number of halogens is 3. The van der Waals surface area contributed by atoms with Gasteiger partial charge in [-0.3, -0.25) is 4.79 Å². The molecule has 7 heteroatoms. The van der Waals surface area contributed by atoms with E-state index in [4.69, 9.17) is 9.47 Å². The first-order chi connectivity index (χ1) is 19.6. The molecule has 3 aromatic rings. The number of hydrogen-bond donors (Lipinski definition) is 1. The van der Waals surface area contributed by atoms with Crippen molar-refractivity contribution in [1.82, 2.24) is 0 Å². The van der Waals surface area contributed by atoms with Gasteiger partial charge in [-0.25, -0.2) is 13.2 Å². The minimum Gasteiger partial charge on any atom is -0.497 e. The van der Waals surface area contributed by atoms with Gasteiger partial charge in [-0.15, -0.1) is 0 Å². The molecule has 2 aliphatic rings. The highest BCUT2D eigenvalue weighted by Crippen LogP contribution is 2.52. The van der Waals surface area contributed by atoms with E-state index in [0.717, 1.165) is 37.7 Å². The second-order valence-electron chi connectivity index (χ2n) is 12.2. The maximum Gasteiger partial charge on any atom is 0.303 e. The Balaban J connectivity index is 1.48. The van der Waals surface area contributed by atoms with Gasteiger partial charge in [0.15, 0.2) is 11.6 Å². The minimum absolute atomic E-state index is 0.0428. The number of rotatable bonds is 11. The molecule has 0 radical (unpaired) electrons. The number of aliphatic carboxylic acids is 1. The fraction of sp³-hybridized carbons (Fsp3) is 0.441. The van der Waals surface area contributed by atoms with E-state index in [2.05, 4.69) is 13.8 Å². The lowest BCUT2D eigenvalue weighted by Crippen LogP contribution is -2.17. The molecule has 41 heavy (non-hydrogen) atoms. The van der Waals surface area contributed by atoms with E-state index >= 15 is 13.2 Å². The minimum atomic E-state index is -0.974. The molecule has 5 rings (SSSR count). The van der Waals surface area contributed by atoms with Gasteiger partial charge < -0.3 is 14.6 Å². The van der Waals surface area contributed by atoms with Gasteiger partial charge >= 0.3 is 5.97 Å². The van der Waals surface area contributed by atoms with Crippen LogP contribution >= 0.6 is 0 Å². The Kier molecular flexibility index (Phi) is 8.35. The van der Waals surface area contributed by atoms with Crippen LogP contribution in [0.25, 0.3) is 11.1 Å². The first kappa shape index (κ1) is 29.0. The number of carboxylic acid groups (broad SMARTS) is 1. The second kappa shape index (κ2) is 11.8. The lowest BCUT2D eigenvalue weighted by molar-refractivity contribution is -0.137. The summed E-state index contributed by atoms with van der Waals surface area (Å²) in [6.45, 7) is 4.12. The Hall–Kier alpha value is -3.48. The van der Waals surface area contributed by atoms with E-state index in [1.807, 2.05) is 0 Å². The predicted molar refractivity (Wildman–Crippen MR) is 152 cm³/mol. The predicted octanol–water partition coefficient (Wildman–Crippen LogP) is 9.01. The monoisotopic (exact) mass is 566 g/mol.